The second kappa shape index (κ2) is 6.40. The zero-order valence-electron chi connectivity index (χ0n) is 12.6. The van der Waals surface area contributed by atoms with E-state index in [9.17, 15) is 0 Å². The van der Waals surface area contributed by atoms with E-state index >= 15 is 0 Å². The second-order valence-electron chi connectivity index (χ2n) is 5.57. The molecule has 1 aromatic heterocycles. The highest BCUT2D eigenvalue weighted by Crippen LogP contribution is 2.39. The number of thiocarbonyl (C=S) groups is 1. The molecule has 0 aliphatic heterocycles. The first-order valence-electron chi connectivity index (χ1n) is 7.49. The molecule has 4 nitrogen and oxygen atoms in total. The summed E-state index contributed by atoms with van der Waals surface area (Å²) in [7, 11) is 1.65. The van der Waals surface area contributed by atoms with Crippen molar-refractivity contribution in [2.75, 3.05) is 12.4 Å². The summed E-state index contributed by atoms with van der Waals surface area (Å²) in [6, 6.07) is 11.7. The highest BCUT2D eigenvalue weighted by Gasteiger charge is 2.38. The number of methoxy groups -OCH3 is 1. The van der Waals surface area contributed by atoms with Gasteiger partial charge in [0.15, 0.2) is 5.11 Å². The Morgan fingerprint density at radius 1 is 1.18 bits per heavy atom. The summed E-state index contributed by atoms with van der Waals surface area (Å²) >= 11 is 5.48. The standard InChI is InChI=1S/C17H20N2O2S/c1-20-14-8-6-13(7-9-14)18-16(22)19-17(10-2-3-11-17)15-5-4-12-21-15/h4-9,12H,2-3,10-11H2,1H3,(H2,18,19,22). The molecule has 5 heteroatoms. The first kappa shape index (κ1) is 14.9. The third-order valence-electron chi connectivity index (χ3n) is 4.15. The lowest BCUT2D eigenvalue weighted by atomic mass is 9.94. The van der Waals surface area contributed by atoms with Crippen LogP contribution < -0.4 is 15.4 Å². The van der Waals surface area contributed by atoms with E-state index in [-0.39, 0.29) is 5.54 Å². The molecule has 1 aromatic carbocycles. The summed E-state index contributed by atoms with van der Waals surface area (Å²) in [5.41, 5.74) is 0.756. The fraction of sp³-hybridized carbons (Fsp3) is 0.353. The molecule has 116 valence electrons. The van der Waals surface area contributed by atoms with Gasteiger partial charge < -0.3 is 19.8 Å². The Hall–Kier alpha value is -2.01. The number of hydrogen-bond acceptors (Lipinski definition) is 3. The number of benzene rings is 1. The van der Waals surface area contributed by atoms with Crippen molar-refractivity contribution in [3.8, 4) is 5.75 Å². The van der Waals surface area contributed by atoms with Gasteiger partial charge in [0.1, 0.15) is 11.5 Å². The molecule has 1 heterocycles. The van der Waals surface area contributed by atoms with Gasteiger partial charge in [-0.05, 0) is 61.5 Å². The third-order valence-corrected chi connectivity index (χ3v) is 4.35. The number of anilines is 1. The monoisotopic (exact) mass is 316 g/mol. The smallest absolute Gasteiger partial charge is 0.171 e. The van der Waals surface area contributed by atoms with Crippen molar-refractivity contribution in [1.82, 2.24) is 5.32 Å². The van der Waals surface area contributed by atoms with E-state index in [2.05, 4.69) is 10.6 Å². The highest BCUT2D eigenvalue weighted by atomic mass is 32.1. The highest BCUT2D eigenvalue weighted by molar-refractivity contribution is 7.80. The van der Waals surface area contributed by atoms with Gasteiger partial charge in [-0.25, -0.2) is 0 Å². The van der Waals surface area contributed by atoms with E-state index in [4.69, 9.17) is 21.4 Å². The van der Waals surface area contributed by atoms with Crippen molar-refractivity contribution in [2.45, 2.75) is 31.2 Å². The average Bonchev–Trinajstić information content (AvgIpc) is 3.19. The quantitative estimate of drug-likeness (QED) is 0.834. The largest absolute Gasteiger partial charge is 0.497 e. The van der Waals surface area contributed by atoms with E-state index in [0.29, 0.717) is 5.11 Å². The Balaban J connectivity index is 1.69. The van der Waals surface area contributed by atoms with Crippen LogP contribution in [-0.2, 0) is 5.54 Å². The Kier molecular flexibility index (Phi) is 4.34. The molecule has 3 rings (SSSR count). The van der Waals surface area contributed by atoms with Gasteiger partial charge >= 0.3 is 0 Å². The number of hydrogen-bond donors (Lipinski definition) is 2. The Morgan fingerprint density at radius 2 is 1.91 bits per heavy atom. The van der Waals surface area contributed by atoms with E-state index < -0.39 is 0 Å². The van der Waals surface area contributed by atoms with Crippen molar-refractivity contribution in [3.63, 3.8) is 0 Å². The lowest BCUT2D eigenvalue weighted by molar-refractivity contribution is 0.317. The number of furan rings is 1. The summed E-state index contributed by atoms with van der Waals surface area (Å²) < 4.78 is 10.8. The molecule has 0 unspecified atom stereocenters. The molecular formula is C17H20N2O2S. The van der Waals surface area contributed by atoms with Crippen LogP contribution in [0.1, 0.15) is 31.4 Å². The maximum absolute atomic E-state index is 5.64. The Bertz CT molecular complexity index is 617. The maximum Gasteiger partial charge on any atom is 0.171 e. The van der Waals surface area contributed by atoms with Gasteiger partial charge in [-0.2, -0.15) is 0 Å². The van der Waals surface area contributed by atoms with Crippen LogP contribution in [0, 0.1) is 0 Å². The van der Waals surface area contributed by atoms with E-state index in [1.807, 2.05) is 36.4 Å². The molecule has 0 bridgehead atoms. The molecule has 0 spiro atoms. The number of nitrogens with one attached hydrogen (secondary N) is 2. The molecule has 0 atom stereocenters. The van der Waals surface area contributed by atoms with Crippen molar-refractivity contribution in [1.29, 1.82) is 0 Å². The lowest BCUT2D eigenvalue weighted by Gasteiger charge is -2.29. The molecule has 2 aromatic rings. The SMILES string of the molecule is COc1ccc(NC(=S)NC2(c3ccco3)CCCC2)cc1. The minimum absolute atomic E-state index is 0.181. The van der Waals surface area contributed by atoms with Crippen molar-refractivity contribution >= 4 is 23.0 Å². The van der Waals surface area contributed by atoms with Gasteiger partial charge in [0.05, 0.1) is 18.9 Å². The van der Waals surface area contributed by atoms with Crippen molar-refractivity contribution in [2.24, 2.45) is 0 Å². The molecule has 1 fully saturated rings. The summed E-state index contributed by atoms with van der Waals surface area (Å²) in [5, 5.41) is 7.31. The zero-order chi connectivity index (χ0) is 15.4. The van der Waals surface area contributed by atoms with Crippen LogP contribution in [0.15, 0.2) is 47.1 Å². The van der Waals surface area contributed by atoms with Crippen LogP contribution in [-0.4, -0.2) is 12.2 Å². The van der Waals surface area contributed by atoms with Crippen LogP contribution >= 0.6 is 12.2 Å². The minimum atomic E-state index is -0.181. The summed E-state index contributed by atoms with van der Waals surface area (Å²) in [6.45, 7) is 0. The van der Waals surface area contributed by atoms with Gasteiger partial charge in [-0.3, -0.25) is 0 Å². The van der Waals surface area contributed by atoms with E-state index in [0.717, 1.165) is 30.0 Å². The fourth-order valence-corrected chi connectivity index (χ4v) is 3.33. The van der Waals surface area contributed by atoms with Gasteiger partial charge in [-0.15, -0.1) is 0 Å². The molecule has 2 N–H and O–H groups in total. The molecule has 22 heavy (non-hydrogen) atoms. The number of rotatable bonds is 4. The molecule has 0 amide bonds. The van der Waals surface area contributed by atoms with E-state index in [1.165, 1.54) is 12.8 Å². The average molecular weight is 316 g/mol. The molecular weight excluding hydrogens is 296 g/mol. The minimum Gasteiger partial charge on any atom is -0.497 e. The topological polar surface area (TPSA) is 46.4 Å². The predicted octanol–water partition coefficient (Wildman–Crippen LogP) is 4.04. The van der Waals surface area contributed by atoms with Crippen LogP contribution in [0.4, 0.5) is 5.69 Å². The maximum atomic E-state index is 5.64. The second-order valence-corrected chi connectivity index (χ2v) is 5.98. The molecule has 0 radical (unpaired) electrons. The summed E-state index contributed by atoms with van der Waals surface area (Å²) in [5.74, 6) is 1.79. The zero-order valence-corrected chi connectivity index (χ0v) is 13.4. The van der Waals surface area contributed by atoms with Crippen LogP contribution in [0.5, 0.6) is 5.75 Å². The Morgan fingerprint density at radius 3 is 2.50 bits per heavy atom. The van der Waals surface area contributed by atoms with E-state index in [1.54, 1.807) is 13.4 Å². The van der Waals surface area contributed by atoms with Crippen molar-refractivity contribution < 1.29 is 9.15 Å². The van der Waals surface area contributed by atoms with Crippen LogP contribution in [0.3, 0.4) is 0 Å². The van der Waals surface area contributed by atoms with Crippen LogP contribution in [0.2, 0.25) is 0 Å². The first-order valence-corrected chi connectivity index (χ1v) is 7.90. The summed E-state index contributed by atoms with van der Waals surface area (Å²) in [6.07, 6.45) is 6.14. The van der Waals surface area contributed by atoms with Gasteiger partial charge in [0.2, 0.25) is 0 Å². The van der Waals surface area contributed by atoms with Gasteiger partial charge in [0, 0.05) is 5.69 Å². The molecule has 1 aliphatic rings. The third kappa shape index (κ3) is 3.09. The number of ether oxygens (including phenoxy) is 1. The predicted molar refractivity (Wildman–Crippen MR) is 91.2 cm³/mol. The Labute approximate surface area is 135 Å². The van der Waals surface area contributed by atoms with Gasteiger partial charge in [-0.1, -0.05) is 12.8 Å². The fourth-order valence-electron chi connectivity index (χ4n) is 3.02. The normalized spacial score (nSPS) is 16.2. The lowest BCUT2D eigenvalue weighted by Crippen LogP contribution is -2.45. The first-order chi connectivity index (χ1) is 10.7. The summed E-state index contributed by atoms with van der Waals surface area (Å²) in [4.78, 5) is 0. The molecule has 0 saturated heterocycles. The van der Waals surface area contributed by atoms with Gasteiger partial charge in [0.25, 0.3) is 0 Å². The molecule has 1 aliphatic carbocycles. The van der Waals surface area contributed by atoms with Crippen LogP contribution in [0.25, 0.3) is 0 Å². The van der Waals surface area contributed by atoms with Crippen molar-refractivity contribution in [3.05, 3.63) is 48.4 Å². The molecule has 1 saturated carbocycles.